The van der Waals surface area contributed by atoms with E-state index in [-0.39, 0.29) is 4.41 Å². The molecule has 1 amide bonds. The molecular formula is C3H7ClN2O4S. The Morgan fingerprint density at radius 2 is 2.09 bits per heavy atom. The molecule has 6 nitrogen and oxygen atoms in total. The standard InChI is InChI=1S/C3H7ClN2O4S/c1-5-6(3(4)7)11(8,9)10-2/h5H,1-2H3. The third-order valence-electron chi connectivity index (χ3n) is 0.797. The summed E-state index contributed by atoms with van der Waals surface area (Å²) in [7, 11) is -1.93. The molecule has 1 N–H and O–H groups in total. The van der Waals surface area contributed by atoms with E-state index in [0.29, 0.717) is 0 Å². The van der Waals surface area contributed by atoms with Crippen LogP contribution in [0.2, 0.25) is 0 Å². The van der Waals surface area contributed by atoms with E-state index in [4.69, 9.17) is 11.6 Å². The van der Waals surface area contributed by atoms with Crippen LogP contribution >= 0.6 is 11.6 Å². The molecule has 0 aromatic heterocycles. The van der Waals surface area contributed by atoms with Crippen molar-refractivity contribution in [2.24, 2.45) is 0 Å². The third-order valence-corrected chi connectivity index (χ3v) is 2.28. The summed E-state index contributed by atoms with van der Waals surface area (Å²) in [5.41, 5.74) is 2.03. The van der Waals surface area contributed by atoms with Crippen molar-refractivity contribution >= 4 is 27.3 Å². The minimum absolute atomic E-state index is 0.161. The van der Waals surface area contributed by atoms with Crippen molar-refractivity contribution in [1.29, 1.82) is 0 Å². The maximum atomic E-state index is 10.7. The van der Waals surface area contributed by atoms with Crippen molar-refractivity contribution in [3.8, 4) is 0 Å². The fourth-order valence-corrected chi connectivity index (χ4v) is 1.25. The Bertz CT molecular complexity index is 238. The zero-order valence-electron chi connectivity index (χ0n) is 5.87. The minimum Gasteiger partial charge on any atom is -0.256 e. The quantitative estimate of drug-likeness (QED) is 0.386. The van der Waals surface area contributed by atoms with Gasteiger partial charge in [0.25, 0.3) is 0 Å². The molecular weight excluding hydrogens is 196 g/mol. The smallest absolute Gasteiger partial charge is 0.256 e. The Morgan fingerprint density at radius 3 is 2.18 bits per heavy atom. The average Bonchev–Trinajstić information content (AvgIpc) is 1.88. The van der Waals surface area contributed by atoms with Gasteiger partial charge in [0.15, 0.2) is 0 Å². The van der Waals surface area contributed by atoms with Gasteiger partial charge in [0.2, 0.25) is 0 Å². The molecule has 0 rings (SSSR count). The lowest BCUT2D eigenvalue weighted by atomic mass is 11.3. The number of hydrogen-bond donors (Lipinski definition) is 1. The Hall–Kier alpha value is -0.370. The molecule has 0 fully saturated rings. The van der Waals surface area contributed by atoms with Crippen LogP contribution in [-0.4, -0.2) is 32.4 Å². The van der Waals surface area contributed by atoms with Gasteiger partial charge in [-0.1, -0.05) is 0 Å². The van der Waals surface area contributed by atoms with E-state index in [9.17, 15) is 13.2 Å². The van der Waals surface area contributed by atoms with Gasteiger partial charge in [-0.3, -0.25) is 8.98 Å². The van der Waals surface area contributed by atoms with Crippen molar-refractivity contribution in [1.82, 2.24) is 9.84 Å². The second-order valence-corrected chi connectivity index (χ2v) is 3.24. The molecule has 0 aliphatic carbocycles. The maximum absolute atomic E-state index is 10.7. The number of nitrogens with zero attached hydrogens (tertiary/aromatic N) is 1. The lowest BCUT2D eigenvalue weighted by Gasteiger charge is -2.14. The molecule has 0 spiro atoms. The summed E-state index contributed by atoms with van der Waals surface area (Å²) in [5, 5.41) is -1.19. The predicted molar refractivity (Wildman–Crippen MR) is 38.1 cm³/mol. The first kappa shape index (κ1) is 10.6. The molecule has 0 aromatic rings. The van der Waals surface area contributed by atoms with E-state index in [2.05, 4.69) is 4.18 Å². The lowest BCUT2D eigenvalue weighted by molar-refractivity contribution is 0.227. The van der Waals surface area contributed by atoms with Gasteiger partial charge < -0.3 is 0 Å². The van der Waals surface area contributed by atoms with Crippen LogP contribution in [0.15, 0.2) is 0 Å². The SMILES string of the molecule is CNN(C(=O)Cl)S(=O)(=O)OC. The van der Waals surface area contributed by atoms with Gasteiger partial charge in [-0.25, -0.2) is 5.43 Å². The van der Waals surface area contributed by atoms with Crippen LogP contribution in [0.1, 0.15) is 0 Å². The number of rotatable bonds is 3. The lowest BCUT2D eigenvalue weighted by Crippen LogP contribution is -2.42. The van der Waals surface area contributed by atoms with Crippen LogP contribution < -0.4 is 5.43 Å². The molecule has 0 bridgehead atoms. The second-order valence-electron chi connectivity index (χ2n) is 1.37. The van der Waals surface area contributed by atoms with E-state index in [1.807, 2.05) is 5.43 Å². The van der Waals surface area contributed by atoms with Gasteiger partial charge in [-0.05, 0) is 11.6 Å². The van der Waals surface area contributed by atoms with Crippen molar-refractivity contribution in [3.63, 3.8) is 0 Å². The van der Waals surface area contributed by atoms with E-state index < -0.39 is 15.7 Å². The Balaban J connectivity index is 4.65. The molecule has 0 atom stereocenters. The van der Waals surface area contributed by atoms with Gasteiger partial charge in [0.05, 0.1) is 7.11 Å². The fourth-order valence-electron chi connectivity index (χ4n) is 0.362. The summed E-state index contributed by atoms with van der Waals surface area (Å²) in [6.45, 7) is 0. The van der Waals surface area contributed by atoms with Crippen LogP contribution in [0, 0.1) is 0 Å². The molecule has 8 heteroatoms. The normalized spacial score (nSPS) is 11.2. The number of halogens is 1. The van der Waals surface area contributed by atoms with Crippen LogP contribution in [-0.2, 0) is 14.5 Å². The van der Waals surface area contributed by atoms with E-state index >= 15 is 0 Å². The molecule has 0 heterocycles. The highest BCUT2D eigenvalue weighted by molar-refractivity contribution is 7.85. The molecule has 0 saturated carbocycles. The van der Waals surface area contributed by atoms with Crippen LogP contribution in [0.4, 0.5) is 4.79 Å². The predicted octanol–water partition coefficient (Wildman–Crippen LogP) is -0.327. The zero-order valence-corrected chi connectivity index (χ0v) is 7.44. The molecule has 0 aliphatic heterocycles. The van der Waals surface area contributed by atoms with Crippen molar-refractivity contribution in [3.05, 3.63) is 0 Å². The van der Waals surface area contributed by atoms with Crippen LogP contribution in [0.5, 0.6) is 0 Å². The average molecular weight is 203 g/mol. The van der Waals surface area contributed by atoms with Crippen LogP contribution in [0.25, 0.3) is 0 Å². The number of hydrazine groups is 1. The van der Waals surface area contributed by atoms with Crippen LogP contribution in [0.3, 0.4) is 0 Å². The molecule has 0 aliphatic rings. The van der Waals surface area contributed by atoms with Gasteiger partial charge in [-0.2, -0.15) is 8.42 Å². The highest BCUT2D eigenvalue weighted by Crippen LogP contribution is 2.01. The Kier molecular flexibility index (Phi) is 3.73. The number of carbonyl (C=O) groups is 1. The number of hydrogen-bond acceptors (Lipinski definition) is 5. The van der Waals surface area contributed by atoms with Crippen molar-refractivity contribution in [2.75, 3.05) is 14.2 Å². The second kappa shape index (κ2) is 3.86. The highest BCUT2D eigenvalue weighted by atomic mass is 35.5. The zero-order chi connectivity index (χ0) is 9.07. The molecule has 66 valence electrons. The summed E-state index contributed by atoms with van der Waals surface area (Å²) in [6, 6.07) is 0. The van der Waals surface area contributed by atoms with Crippen molar-refractivity contribution < 1.29 is 17.4 Å². The topological polar surface area (TPSA) is 75.7 Å². The molecule has 11 heavy (non-hydrogen) atoms. The number of amides is 1. The summed E-state index contributed by atoms with van der Waals surface area (Å²) in [6.07, 6.45) is 0. The van der Waals surface area contributed by atoms with Gasteiger partial charge >= 0.3 is 15.7 Å². The number of nitrogens with one attached hydrogen (secondary N) is 1. The largest absolute Gasteiger partial charge is 0.379 e. The van der Waals surface area contributed by atoms with Gasteiger partial charge in [-0.15, -0.1) is 4.41 Å². The first-order chi connectivity index (χ1) is 4.95. The first-order valence-electron chi connectivity index (χ1n) is 2.43. The Labute approximate surface area is 69.3 Å². The third kappa shape index (κ3) is 2.62. The van der Waals surface area contributed by atoms with Crippen molar-refractivity contribution in [2.45, 2.75) is 0 Å². The van der Waals surface area contributed by atoms with Gasteiger partial charge in [0, 0.05) is 7.05 Å². The molecule has 0 unspecified atom stereocenters. The molecule has 0 saturated heterocycles. The maximum Gasteiger partial charge on any atom is 0.379 e. The van der Waals surface area contributed by atoms with E-state index in [1.165, 1.54) is 7.05 Å². The number of carbonyl (C=O) groups excluding carboxylic acids is 1. The Morgan fingerprint density at radius 1 is 1.64 bits per heavy atom. The fraction of sp³-hybridized carbons (Fsp3) is 0.667. The molecule has 0 radical (unpaired) electrons. The summed E-state index contributed by atoms with van der Waals surface area (Å²) >= 11 is 4.87. The molecule has 0 aromatic carbocycles. The summed E-state index contributed by atoms with van der Waals surface area (Å²) in [5.74, 6) is 0. The summed E-state index contributed by atoms with van der Waals surface area (Å²) < 4.78 is 25.6. The highest BCUT2D eigenvalue weighted by Gasteiger charge is 2.24. The van der Waals surface area contributed by atoms with E-state index in [1.54, 1.807) is 0 Å². The monoisotopic (exact) mass is 202 g/mol. The summed E-state index contributed by atoms with van der Waals surface area (Å²) in [4.78, 5) is 10.4. The minimum atomic E-state index is -4.07. The first-order valence-corrected chi connectivity index (χ1v) is 4.17. The van der Waals surface area contributed by atoms with E-state index in [0.717, 1.165) is 7.11 Å². The van der Waals surface area contributed by atoms with Gasteiger partial charge in [0.1, 0.15) is 0 Å².